The van der Waals surface area contributed by atoms with Crippen LogP contribution < -0.4 is 4.72 Å². The van der Waals surface area contributed by atoms with E-state index in [2.05, 4.69) is 14.7 Å². The lowest BCUT2D eigenvalue weighted by Gasteiger charge is -2.12. The maximum absolute atomic E-state index is 13.1. The molecule has 0 spiro atoms. The van der Waals surface area contributed by atoms with Crippen LogP contribution in [-0.4, -0.2) is 18.4 Å². The lowest BCUT2D eigenvalue weighted by Crippen LogP contribution is -2.13. The lowest BCUT2D eigenvalue weighted by atomic mass is 10.1. The molecule has 2 N–H and O–H groups in total. The van der Waals surface area contributed by atoms with Gasteiger partial charge in [0.15, 0.2) is 0 Å². The first-order valence-electron chi connectivity index (χ1n) is 9.83. The molecule has 5 rings (SSSR count). The zero-order chi connectivity index (χ0) is 21.3. The van der Waals surface area contributed by atoms with Crippen molar-refractivity contribution >= 4 is 26.7 Å². The number of hydrogen-bond acceptors (Lipinski definition) is 3. The number of nitrogens with one attached hydrogen (secondary N) is 2. The molecule has 6 heteroatoms. The first kappa shape index (κ1) is 19.1. The van der Waals surface area contributed by atoms with E-state index in [9.17, 15) is 8.42 Å². The Balaban J connectivity index is 1.47. The lowest BCUT2D eigenvalue weighted by molar-refractivity contribution is 0.601. The van der Waals surface area contributed by atoms with Crippen molar-refractivity contribution in [3.63, 3.8) is 0 Å². The van der Waals surface area contributed by atoms with Crippen molar-refractivity contribution in [2.24, 2.45) is 0 Å². The topological polar surface area (TPSA) is 74.8 Å². The number of imidazole rings is 1. The van der Waals surface area contributed by atoms with Crippen LogP contribution in [0.5, 0.6) is 0 Å². The monoisotopic (exact) mass is 425 g/mol. The smallest absolute Gasteiger partial charge is 0.261 e. The zero-order valence-corrected chi connectivity index (χ0v) is 17.3. The highest BCUT2D eigenvalue weighted by atomic mass is 32.2. The molecule has 0 aliphatic rings. The van der Waals surface area contributed by atoms with E-state index in [4.69, 9.17) is 0 Å². The maximum Gasteiger partial charge on any atom is 0.261 e. The van der Waals surface area contributed by atoms with Gasteiger partial charge in [-0.3, -0.25) is 4.72 Å². The predicted molar refractivity (Wildman–Crippen MR) is 124 cm³/mol. The SMILES string of the molecule is O=S(=O)(Nc1ccccc1-c1nc2ccccc2[nH]1)c1ccc(-c2ccccc2)cc1. The fraction of sp³-hybridized carbons (Fsp3) is 0. The van der Waals surface area contributed by atoms with E-state index in [1.54, 1.807) is 24.3 Å². The fourth-order valence-electron chi connectivity index (χ4n) is 3.52. The number of aromatic amines is 1. The van der Waals surface area contributed by atoms with E-state index in [0.717, 1.165) is 22.2 Å². The average Bonchev–Trinajstić information content (AvgIpc) is 3.24. The largest absolute Gasteiger partial charge is 0.338 e. The van der Waals surface area contributed by atoms with Gasteiger partial charge in [-0.2, -0.15) is 0 Å². The van der Waals surface area contributed by atoms with Crippen molar-refractivity contribution in [2.75, 3.05) is 4.72 Å². The second-order valence-electron chi connectivity index (χ2n) is 7.14. The van der Waals surface area contributed by atoms with E-state index in [0.29, 0.717) is 17.1 Å². The minimum absolute atomic E-state index is 0.201. The minimum Gasteiger partial charge on any atom is -0.338 e. The number of nitrogens with zero attached hydrogens (tertiary/aromatic N) is 1. The fourth-order valence-corrected chi connectivity index (χ4v) is 4.60. The van der Waals surface area contributed by atoms with Crippen molar-refractivity contribution in [3.8, 4) is 22.5 Å². The molecule has 4 aromatic carbocycles. The van der Waals surface area contributed by atoms with Crippen LogP contribution in [0.25, 0.3) is 33.5 Å². The molecule has 0 atom stereocenters. The van der Waals surface area contributed by atoms with Gasteiger partial charge < -0.3 is 4.98 Å². The summed E-state index contributed by atoms with van der Waals surface area (Å²) in [6, 6.07) is 31.6. The number of rotatable bonds is 5. The summed E-state index contributed by atoms with van der Waals surface area (Å²) < 4.78 is 28.8. The van der Waals surface area contributed by atoms with E-state index in [1.807, 2.05) is 78.9 Å². The molecular formula is C25H19N3O2S. The van der Waals surface area contributed by atoms with Crippen LogP contribution >= 0.6 is 0 Å². The molecule has 5 nitrogen and oxygen atoms in total. The van der Waals surface area contributed by atoms with Crippen molar-refractivity contribution in [2.45, 2.75) is 4.90 Å². The van der Waals surface area contributed by atoms with Crippen molar-refractivity contribution < 1.29 is 8.42 Å². The molecule has 0 unspecified atom stereocenters. The van der Waals surface area contributed by atoms with Gasteiger partial charge in [0.05, 0.1) is 21.6 Å². The molecule has 1 heterocycles. The number of aromatic nitrogens is 2. The summed E-state index contributed by atoms with van der Waals surface area (Å²) in [5.41, 5.74) is 4.87. The third-order valence-corrected chi connectivity index (χ3v) is 6.47. The first-order valence-corrected chi connectivity index (χ1v) is 11.3. The third kappa shape index (κ3) is 3.81. The van der Waals surface area contributed by atoms with E-state index in [1.165, 1.54) is 0 Å². The van der Waals surface area contributed by atoms with Gasteiger partial charge in [-0.25, -0.2) is 13.4 Å². The number of para-hydroxylation sites is 3. The number of benzene rings is 4. The maximum atomic E-state index is 13.1. The number of hydrogen-bond donors (Lipinski definition) is 2. The Morgan fingerprint density at radius 1 is 0.677 bits per heavy atom. The molecule has 5 aromatic rings. The summed E-state index contributed by atoms with van der Waals surface area (Å²) in [5, 5.41) is 0. The number of sulfonamides is 1. The van der Waals surface area contributed by atoms with Crippen LogP contribution in [0.15, 0.2) is 108 Å². The van der Waals surface area contributed by atoms with Gasteiger partial charge in [0.2, 0.25) is 0 Å². The summed E-state index contributed by atoms with van der Waals surface area (Å²) in [4.78, 5) is 8.06. The highest BCUT2D eigenvalue weighted by molar-refractivity contribution is 7.92. The summed E-state index contributed by atoms with van der Waals surface area (Å²) in [7, 11) is -3.76. The molecule has 0 bridgehead atoms. The molecule has 1 aromatic heterocycles. The number of fused-ring (bicyclic) bond motifs is 1. The molecule has 0 radical (unpaired) electrons. The summed E-state index contributed by atoms with van der Waals surface area (Å²) in [5.74, 6) is 0.610. The van der Waals surface area contributed by atoms with Crippen LogP contribution in [0, 0.1) is 0 Å². The van der Waals surface area contributed by atoms with E-state index in [-0.39, 0.29) is 4.90 Å². The second-order valence-corrected chi connectivity index (χ2v) is 8.83. The van der Waals surface area contributed by atoms with E-state index < -0.39 is 10.0 Å². The standard InChI is InChI=1S/C25H19N3O2S/c29-31(30,20-16-14-19(15-17-20)18-8-2-1-3-9-18)28-22-11-5-4-10-21(22)25-26-23-12-6-7-13-24(23)27-25/h1-17,28H,(H,26,27). The molecule has 0 aliphatic heterocycles. The highest BCUT2D eigenvalue weighted by Crippen LogP contribution is 2.30. The Hall–Kier alpha value is -3.90. The first-order chi connectivity index (χ1) is 15.1. The molecule has 152 valence electrons. The zero-order valence-electron chi connectivity index (χ0n) is 16.5. The van der Waals surface area contributed by atoms with Crippen molar-refractivity contribution in [3.05, 3.63) is 103 Å². The number of H-pyrrole nitrogens is 1. The quantitative estimate of drug-likeness (QED) is 0.379. The number of anilines is 1. The Labute approximate surface area is 180 Å². The van der Waals surface area contributed by atoms with Crippen molar-refractivity contribution in [1.82, 2.24) is 9.97 Å². The summed E-state index contributed by atoms with van der Waals surface area (Å²) in [6.07, 6.45) is 0. The van der Waals surface area contributed by atoms with Gasteiger partial charge in [-0.15, -0.1) is 0 Å². The highest BCUT2D eigenvalue weighted by Gasteiger charge is 2.18. The molecule has 0 aliphatic carbocycles. The van der Waals surface area contributed by atoms with Gasteiger partial charge >= 0.3 is 0 Å². The molecule has 0 amide bonds. The third-order valence-electron chi connectivity index (χ3n) is 5.09. The summed E-state index contributed by atoms with van der Waals surface area (Å²) >= 11 is 0. The molecular weight excluding hydrogens is 406 g/mol. The van der Waals surface area contributed by atoms with Gasteiger partial charge in [0, 0.05) is 5.56 Å². The van der Waals surface area contributed by atoms with E-state index >= 15 is 0 Å². The van der Waals surface area contributed by atoms with Crippen LogP contribution in [0.4, 0.5) is 5.69 Å². The minimum atomic E-state index is -3.76. The Bertz CT molecular complexity index is 1420. The normalized spacial score (nSPS) is 11.5. The molecule has 0 saturated carbocycles. The van der Waals surface area contributed by atoms with Gasteiger partial charge in [-0.05, 0) is 47.5 Å². The predicted octanol–water partition coefficient (Wildman–Crippen LogP) is 5.70. The Kier molecular flexibility index (Phi) is 4.76. The average molecular weight is 426 g/mol. The van der Waals surface area contributed by atoms with Crippen LogP contribution in [0.1, 0.15) is 0 Å². The molecule has 31 heavy (non-hydrogen) atoms. The van der Waals surface area contributed by atoms with Gasteiger partial charge in [0.25, 0.3) is 10.0 Å². The molecule has 0 fully saturated rings. The van der Waals surface area contributed by atoms with Crippen molar-refractivity contribution in [1.29, 1.82) is 0 Å². The van der Waals surface area contributed by atoms with Gasteiger partial charge in [-0.1, -0.05) is 66.7 Å². The van der Waals surface area contributed by atoms with Gasteiger partial charge in [0.1, 0.15) is 5.82 Å². The van der Waals surface area contributed by atoms with Crippen LogP contribution in [0.2, 0.25) is 0 Å². The Morgan fingerprint density at radius 3 is 2.10 bits per heavy atom. The van der Waals surface area contributed by atoms with Crippen LogP contribution in [0.3, 0.4) is 0 Å². The van der Waals surface area contributed by atoms with Crippen LogP contribution in [-0.2, 0) is 10.0 Å². The molecule has 0 saturated heterocycles. The summed E-state index contributed by atoms with van der Waals surface area (Å²) in [6.45, 7) is 0. The second kappa shape index (κ2) is 7.74. The Morgan fingerprint density at radius 2 is 1.32 bits per heavy atom.